The Kier molecular flexibility index (Phi) is 9.42. The average Bonchev–Trinajstić information content (AvgIpc) is 3.50. The maximum Gasteiger partial charge on any atom is 0.416 e. The fourth-order valence-corrected chi connectivity index (χ4v) is 6.81. The minimum Gasteiger partial charge on any atom is -0.382 e. The number of rotatable bonds is 6. The molecule has 0 unspecified atom stereocenters. The average molecular weight is 646 g/mol. The van der Waals surface area contributed by atoms with Crippen LogP contribution in [0, 0.1) is 32.6 Å². The van der Waals surface area contributed by atoms with Crippen molar-refractivity contribution in [2.24, 2.45) is 11.8 Å². The van der Waals surface area contributed by atoms with Gasteiger partial charge in [0.1, 0.15) is 0 Å². The molecule has 3 aromatic carbocycles. The summed E-state index contributed by atoms with van der Waals surface area (Å²) >= 11 is 0. The Morgan fingerprint density at radius 2 is 1.41 bits per heavy atom. The second kappa shape index (κ2) is 13.0. The van der Waals surface area contributed by atoms with Gasteiger partial charge in [-0.25, -0.2) is 0 Å². The van der Waals surface area contributed by atoms with Crippen LogP contribution in [0.1, 0.15) is 76.3 Å². The van der Waals surface area contributed by atoms with Gasteiger partial charge in [0.25, 0.3) is 5.91 Å². The molecule has 5 nitrogen and oxygen atoms in total. The highest BCUT2D eigenvalue weighted by Crippen LogP contribution is 2.46. The number of nitrogens with zero attached hydrogens (tertiary/aromatic N) is 1. The third-order valence-corrected chi connectivity index (χ3v) is 9.22. The molecule has 1 heterocycles. The Bertz CT molecular complexity index is 1560. The van der Waals surface area contributed by atoms with Gasteiger partial charge in [-0.2, -0.15) is 26.3 Å². The molecule has 3 aromatic rings. The van der Waals surface area contributed by atoms with Crippen molar-refractivity contribution in [1.82, 2.24) is 4.90 Å². The van der Waals surface area contributed by atoms with Gasteiger partial charge in [-0.1, -0.05) is 49.2 Å². The first-order valence-electron chi connectivity index (χ1n) is 15.4. The van der Waals surface area contributed by atoms with Gasteiger partial charge >= 0.3 is 12.4 Å². The third-order valence-electron chi connectivity index (χ3n) is 9.22. The standard InChI is InChI=1S/C35H37F6N3O2/c1-20-11-14-27(18-29(20)35(39,40)41)43-32(45)28-17-24(34(36,37)38)19-44(33(46)30-21(2)7-6-8-22(30)3)31(28)23-12-15-26(16-13-23)42-25-9-4-5-10-25/h6-8,11-16,18,24-25,28,31,42H,4-5,9-10,17,19H2,1-3H3,(H,43,45)/t24-,28+,31+/m1/s1. The number of likely N-dealkylation sites (tertiary alicyclic amines) is 1. The lowest BCUT2D eigenvalue weighted by Gasteiger charge is -2.45. The van der Waals surface area contributed by atoms with Crippen LogP contribution in [0.15, 0.2) is 60.7 Å². The Labute approximate surface area is 264 Å². The van der Waals surface area contributed by atoms with Gasteiger partial charge in [0.2, 0.25) is 5.91 Å². The molecule has 0 spiro atoms. The van der Waals surface area contributed by atoms with Gasteiger partial charge in [-0.3, -0.25) is 9.59 Å². The first-order chi connectivity index (χ1) is 21.6. The maximum absolute atomic E-state index is 14.4. The van der Waals surface area contributed by atoms with Gasteiger partial charge in [0, 0.05) is 29.5 Å². The van der Waals surface area contributed by atoms with Gasteiger partial charge < -0.3 is 15.5 Å². The summed E-state index contributed by atoms with van der Waals surface area (Å²) in [6, 6.07) is 14.6. The second-order valence-corrected chi connectivity index (χ2v) is 12.5. The second-order valence-electron chi connectivity index (χ2n) is 12.5. The van der Waals surface area contributed by atoms with Crippen LogP contribution >= 0.6 is 0 Å². The van der Waals surface area contributed by atoms with Crippen molar-refractivity contribution in [3.05, 3.63) is 94.0 Å². The summed E-state index contributed by atoms with van der Waals surface area (Å²) in [4.78, 5) is 29.2. The molecule has 0 radical (unpaired) electrons. The normalized spacial score (nSPS) is 20.9. The van der Waals surface area contributed by atoms with Crippen molar-refractivity contribution >= 4 is 23.2 Å². The molecule has 2 N–H and O–H groups in total. The first-order valence-corrected chi connectivity index (χ1v) is 15.4. The molecule has 0 aromatic heterocycles. The molecule has 11 heteroatoms. The summed E-state index contributed by atoms with van der Waals surface area (Å²) in [5.74, 6) is -4.99. The van der Waals surface area contributed by atoms with E-state index in [1.54, 1.807) is 56.3 Å². The van der Waals surface area contributed by atoms with Gasteiger partial charge in [-0.15, -0.1) is 0 Å². The third kappa shape index (κ3) is 7.18. The van der Waals surface area contributed by atoms with E-state index in [-0.39, 0.29) is 16.8 Å². The van der Waals surface area contributed by atoms with E-state index in [4.69, 9.17) is 0 Å². The maximum atomic E-state index is 14.4. The first kappa shape index (κ1) is 33.3. The predicted octanol–water partition coefficient (Wildman–Crippen LogP) is 9.01. The van der Waals surface area contributed by atoms with Gasteiger partial charge in [0.15, 0.2) is 0 Å². The summed E-state index contributed by atoms with van der Waals surface area (Å²) in [7, 11) is 0. The van der Waals surface area contributed by atoms with Crippen LogP contribution in [-0.2, 0) is 11.0 Å². The lowest BCUT2D eigenvalue weighted by atomic mass is 9.78. The number of anilines is 2. The zero-order valence-corrected chi connectivity index (χ0v) is 25.9. The highest BCUT2D eigenvalue weighted by molar-refractivity contribution is 5.99. The molecule has 5 rings (SSSR count). The number of nitrogens with one attached hydrogen (secondary N) is 2. The highest BCUT2D eigenvalue weighted by atomic mass is 19.4. The molecule has 2 aliphatic rings. The SMILES string of the molecule is Cc1ccc(NC(=O)[C@H]2C[C@@H](C(F)(F)F)CN(C(=O)c3c(C)cccc3C)[C@H]2c2ccc(NC3CCCC3)cc2)cc1C(F)(F)F. The fraction of sp³-hybridized carbons (Fsp3) is 0.429. The van der Waals surface area contributed by atoms with E-state index in [0.29, 0.717) is 22.7 Å². The Hall–Kier alpha value is -4.02. The van der Waals surface area contributed by atoms with E-state index in [2.05, 4.69) is 10.6 Å². The molecule has 46 heavy (non-hydrogen) atoms. The number of alkyl halides is 6. The largest absolute Gasteiger partial charge is 0.416 e. The molecule has 1 aliphatic heterocycles. The molecular formula is C35H37F6N3O2. The van der Waals surface area contributed by atoms with Crippen LogP contribution < -0.4 is 10.6 Å². The van der Waals surface area contributed by atoms with E-state index in [1.165, 1.54) is 19.1 Å². The molecule has 1 saturated heterocycles. The van der Waals surface area contributed by atoms with Crippen LogP contribution in [0.25, 0.3) is 0 Å². The molecule has 0 bridgehead atoms. The Morgan fingerprint density at radius 3 is 2.00 bits per heavy atom. The number of benzene rings is 3. The van der Waals surface area contributed by atoms with E-state index < -0.39 is 60.6 Å². The zero-order chi connectivity index (χ0) is 33.4. The lowest BCUT2D eigenvalue weighted by Crippen LogP contribution is -2.52. The van der Waals surface area contributed by atoms with Crippen molar-refractivity contribution < 1.29 is 35.9 Å². The van der Waals surface area contributed by atoms with E-state index in [9.17, 15) is 35.9 Å². The Balaban J connectivity index is 1.57. The smallest absolute Gasteiger partial charge is 0.382 e. The number of amides is 2. The molecule has 246 valence electrons. The van der Waals surface area contributed by atoms with Gasteiger partial charge in [0.05, 0.1) is 23.4 Å². The highest BCUT2D eigenvalue weighted by Gasteiger charge is 2.52. The number of hydrogen-bond donors (Lipinski definition) is 2. The topological polar surface area (TPSA) is 61.4 Å². The quantitative estimate of drug-likeness (QED) is 0.263. The number of hydrogen-bond acceptors (Lipinski definition) is 3. The van der Waals surface area contributed by atoms with E-state index in [1.807, 2.05) is 0 Å². The minimum absolute atomic E-state index is 0.0603. The molecule has 1 aliphatic carbocycles. The summed E-state index contributed by atoms with van der Waals surface area (Å²) in [6.07, 6.45) is -5.77. The van der Waals surface area contributed by atoms with Crippen molar-refractivity contribution in [3.63, 3.8) is 0 Å². The van der Waals surface area contributed by atoms with Crippen LogP contribution in [0.3, 0.4) is 0 Å². The number of piperidine rings is 1. The van der Waals surface area contributed by atoms with Crippen LogP contribution in [0.2, 0.25) is 0 Å². The fourth-order valence-electron chi connectivity index (χ4n) is 6.81. The lowest BCUT2D eigenvalue weighted by molar-refractivity contribution is -0.193. The Morgan fingerprint density at radius 1 is 0.804 bits per heavy atom. The van der Waals surface area contributed by atoms with Crippen LogP contribution in [0.4, 0.5) is 37.7 Å². The number of carbonyl (C=O) groups is 2. The minimum atomic E-state index is -4.73. The number of carbonyl (C=O) groups excluding carboxylic acids is 2. The van der Waals surface area contributed by atoms with Crippen molar-refractivity contribution in [2.75, 3.05) is 17.2 Å². The summed E-state index contributed by atoms with van der Waals surface area (Å²) in [5.41, 5.74) is 1.46. The van der Waals surface area contributed by atoms with Gasteiger partial charge in [-0.05, 0) is 86.6 Å². The van der Waals surface area contributed by atoms with Crippen LogP contribution in [-0.4, -0.2) is 35.5 Å². The van der Waals surface area contributed by atoms with Crippen molar-refractivity contribution in [1.29, 1.82) is 0 Å². The molecular weight excluding hydrogens is 608 g/mol. The predicted molar refractivity (Wildman–Crippen MR) is 164 cm³/mol. The summed E-state index contributed by atoms with van der Waals surface area (Å²) < 4.78 is 84.1. The van der Waals surface area contributed by atoms with Crippen molar-refractivity contribution in [2.45, 2.75) is 77.3 Å². The zero-order valence-electron chi connectivity index (χ0n) is 25.9. The monoisotopic (exact) mass is 645 g/mol. The summed E-state index contributed by atoms with van der Waals surface area (Å²) in [5, 5.41) is 5.91. The summed E-state index contributed by atoms with van der Waals surface area (Å²) in [6.45, 7) is 4.00. The number of halogens is 6. The van der Waals surface area contributed by atoms with E-state index in [0.717, 1.165) is 42.3 Å². The van der Waals surface area contributed by atoms with Crippen molar-refractivity contribution in [3.8, 4) is 0 Å². The number of aryl methyl sites for hydroxylation is 3. The molecule has 1 saturated carbocycles. The van der Waals surface area contributed by atoms with E-state index >= 15 is 0 Å². The molecule has 2 fully saturated rings. The van der Waals surface area contributed by atoms with Crippen LogP contribution in [0.5, 0.6) is 0 Å². The molecule has 3 atom stereocenters. The molecule has 2 amide bonds.